The second kappa shape index (κ2) is 8.52. The maximum atomic E-state index is 13.6. The molecule has 0 fully saturated rings. The molecule has 1 aromatic heterocycles. The van der Waals surface area contributed by atoms with Crippen molar-refractivity contribution >= 4 is 5.91 Å². The van der Waals surface area contributed by atoms with Crippen molar-refractivity contribution in [2.45, 2.75) is 32.7 Å². The van der Waals surface area contributed by atoms with Crippen LogP contribution < -0.4 is 10.1 Å². The van der Waals surface area contributed by atoms with Gasteiger partial charge in [-0.25, -0.2) is 9.07 Å². The molecule has 2 aromatic carbocycles. The van der Waals surface area contributed by atoms with Gasteiger partial charge in [-0.1, -0.05) is 23.4 Å². The number of rotatable bonds is 6. The van der Waals surface area contributed by atoms with Crippen LogP contribution in [-0.4, -0.2) is 27.0 Å². The van der Waals surface area contributed by atoms with E-state index in [1.807, 2.05) is 13.8 Å². The molecule has 3 rings (SSSR count). The van der Waals surface area contributed by atoms with Crippen LogP contribution in [0.4, 0.5) is 17.6 Å². The first kappa shape index (κ1) is 21.3. The normalized spacial score (nSPS) is 11.6. The van der Waals surface area contributed by atoms with Crippen molar-refractivity contribution in [1.29, 1.82) is 0 Å². The van der Waals surface area contributed by atoms with E-state index in [9.17, 15) is 22.4 Å². The molecule has 0 spiro atoms. The first-order chi connectivity index (χ1) is 14.1. The number of nitrogens with zero attached hydrogens (tertiary/aromatic N) is 3. The summed E-state index contributed by atoms with van der Waals surface area (Å²) in [7, 11) is 0. The Morgan fingerprint density at radius 1 is 1.17 bits per heavy atom. The highest BCUT2D eigenvalue weighted by Crippen LogP contribution is 2.32. The Kier molecular flexibility index (Phi) is 6.04. The third kappa shape index (κ3) is 4.94. The summed E-state index contributed by atoms with van der Waals surface area (Å²) in [5, 5.41) is 9.19. The van der Waals surface area contributed by atoms with Crippen LogP contribution in [0.2, 0.25) is 0 Å². The molecule has 3 aromatic rings. The molecule has 0 saturated carbocycles. The first-order valence-corrected chi connectivity index (χ1v) is 8.98. The van der Waals surface area contributed by atoms with Gasteiger partial charge in [0.2, 0.25) is 0 Å². The minimum Gasteiger partial charge on any atom is -0.491 e. The SMILES string of the molecule is CC(C)Oc1ccc(CNC(=O)c2nnn(-c3cccc(F)c3)c2C(F)(F)F)cc1. The zero-order valence-electron chi connectivity index (χ0n) is 16.1. The second-order valence-corrected chi connectivity index (χ2v) is 6.67. The van der Waals surface area contributed by atoms with Crippen molar-refractivity contribution in [2.75, 3.05) is 0 Å². The molecule has 0 atom stereocenters. The van der Waals surface area contributed by atoms with Crippen molar-refractivity contribution in [3.8, 4) is 11.4 Å². The third-order valence-electron chi connectivity index (χ3n) is 3.95. The van der Waals surface area contributed by atoms with E-state index < -0.39 is 29.3 Å². The van der Waals surface area contributed by atoms with Crippen molar-refractivity contribution in [3.05, 3.63) is 71.3 Å². The number of hydrogen-bond donors (Lipinski definition) is 1. The smallest absolute Gasteiger partial charge is 0.435 e. The molecule has 0 unspecified atom stereocenters. The molecule has 6 nitrogen and oxygen atoms in total. The molecule has 1 N–H and O–H groups in total. The Morgan fingerprint density at radius 2 is 1.87 bits per heavy atom. The molecule has 0 aliphatic heterocycles. The van der Waals surface area contributed by atoms with Crippen LogP contribution in [0, 0.1) is 5.82 Å². The summed E-state index contributed by atoms with van der Waals surface area (Å²) in [6.45, 7) is 3.73. The molecular formula is C20H18F4N4O2. The predicted molar refractivity (Wildman–Crippen MR) is 99.7 cm³/mol. The molecule has 0 saturated heterocycles. The van der Waals surface area contributed by atoms with E-state index in [0.717, 1.165) is 12.1 Å². The number of nitrogens with one attached hydrogen (secondary N) is 1. The Labute approximate surface area is 169 Å². The molecule has 0 bridgehead atoms. The second-order valence-electron chi connectivity index (χ2n) is 6.67. The van der Waals surface area contributed by atoms with Gasteiger partial charge in [-0.2, -0.15) is 13.2 Å². The highest BCUT2D eigenvalue weighted by Gasteiger charge is 2.42. The first-order valence-electron chi connectivity index (χ1n) is 8.98. The number of halogens is 4. The van der Waals surface area contributed by atoms with Gasteiger partial charge in [-0.05, 0) is 49.7 Å². The van der Waals surface area contributed by atoms with Crippen molar-refractivity contribution in [1.82, 2.24) is 20.3 Å². The lowest BCUT2D eigenvalue weighted by Crippen LogP contribution is -2.27. The summed E-state index contributed by atoms with van der Waals surface area (Å²) in [6.07, 6.45) is -4.93. The third-order valence-corrected chi connectivity index (χ3v) is 3.95. The molecule has 1 amide bonds. The predicted octanol–water partition coefficient (Wildman–Crippen LogP) is 4.14. The van der Waals surface area contributed by atoms with Crippen LogP contribution in [0.1, 0.15) is 35.6 Å². The summed E-state index contributed by atoms with van der Waals surface area (Å²) < 4.78 is 60.2. The minimum atomic E-state index is -4.93. The minimum absolute atomic E-state index is 0.00274. The highest BCUT2D eigenvalue weighted by molar-refractivity contribution is 5.93. The summed E-state index contributed by atoms with van der Waals surface area (Å²) in [5.74, 6) is -1.16. The fraction of sp³-hybridized carbons (Fsp3) is 0.250. The number of carbonyl (C=O) groups excluding carboxylic acids is 1. The molecule has 10 heteroatoms. The Bertz CT molecular complexity index is 1030. The fourth-order valence-electron chi connectivity index (χ4n) is 2.70. The number of hydrogen-bond acceptors (Lipinski definition) is 4. The van der Waals surface area contributed by atoms with Gasteiger partial charge in [0, 0.05) is 6.54 Å². The van der Waals surface area contributed by atoms with Gasteiger partial charge in [-0.3, -0.25) is 4.79 Å². The largest absolute Gasteiger partial charge is 0.491 e. The monoisotopic (exact) mass is 422 g/mol. The lowest BCUT2D eigenvalue weighted by molar-refractivity contribution is -0.143. The van der Waals surface area contributed by atoms with Gasteiger partial charge in [0.15, 0.2) is 11.4 Å². The van der Waals surface area contributed by atoms with E-state index in [1.165, 1.54) is 12.1 Å². The average Bonchev–Trinajstić information content (AvgIpc) is 3.12. The van der Waals surface area contributed by atoms with Gasteiger partial charge in [-0.15, -0.1) is 5.10 Å². The Morgan fingerprint density at radius 3 is 2.47 bits per heavy atom. The van der Waals surface area contributed by atoms with Gasteiger partial charge in [0.1, 0.15) is 11.6 Å². The van der Waals surface area contributed by atoms with Crippen LogP contribution in [0.3, 0.4) is 0 Å². The van der Waals surface area contributed by atoms with Crippen molar-refractivity contribution in [2.24, 2.45) is 0 Å². The van der Waals surface area contributed by atoms with E-state index in [2.05, 4.69) is 15.6 Å². The number of alkyl halides is 3. The molecule has 1 heterocycles. The lowest BCUT2D eigenvalue weighted by atomic mass is 10.2. The summed E-state index contributed by atoms with van der Waals surface area (Å²) >= 11 is 0. The Balaban J connectivity index is 1.80. The molecule has 0 aliphatic rings. The maximum absolute atomic E-state index is 13.6. The van der Waals surface area contributed by atoms with Crippen LogP contribution in [0.25, 0.3) is 5.69 Å². The van der Waals surface area contributed by atoms with E-state index in [-0.39, 0.29) is 18.3 Å². The quantitative estimate of drug-likeness (QED) is 0.607. The van der Waals surface area contributed by atoms with Crippen molar-refractivity contribution < 1.29 is 27.1 Å². The molecule has 0 aliphatic carbocycles. The molecular weight excluding hydrogens is 404 g/mol. The van der Waals surface area contributed by atoms with Crippen molar-refractivity contribution in [3.63, 3.8) is 0 Å². The number of carbonyl (C=O) groups is 1. The van der Waals surface area contributed by atoms with Gasteiger partial charge in [0.05, 0.1) is 11.8 Å². The van der Waals surface area contributed by atoms with Crippen LogP contribution >= 0.6 is 0 Å². The topological polar surface area (TPSA) is 69.0 Å². The van der Waals surface area contributed by atoms with E-state index >= 15 is 0 Å². The summed E-state index contributed by atoms with van der Waals surface area (Å²) in [6, 6.07) is 11.2. The van der Waals surface area contributed by atoms with Crippen LogP contribution in [0.15, 0.2) is 48.5 Å². The zero-order valence-corrected chi connectivity index (χ0v) is 16.1. The summed E-state index contributed by atoms with van der Waals surface area (Å²) in [5.41, 5.74) is -1.82. The van der Waals surface area contributed by atoms with Crippen LogP contribution in [0.5, 0.6) is 5.75 Å². The number of amides is 1. The van der Waals surface area contributed by atoms with Gasteiger partial charge < -0.3 is 10.1 Å². The number of benzene rings is 2. The highest BCUT2D eigenvalue weighted by atomic mass is 19.4. The standard InChI is InChI=1S/C20H18F4N4O2/c1-12(2)30-16-8-6-13(7-9-16)11-25-19(29)17-18(20(22,23)24)28(27-26-17)15-5-3-4-14(21)10-15/h3-10,12H,11H2,1-2H3,(H,25,29). The van der Waals surface area contributed by atoms with Gasteiger partial charge >= 0.3 is 6.18 Å². The maximum Gasteiger partial charge on any atom is 0.435 e. The zero-order chi connectivity index (χ0) is 21.9. The fourth-order valence-corrected chi connectivity index (χ4v) is 2.70. The molecule has 158 valence electrons. The van der Waals surface area contributed by atoms with E-state index in [0.29, 0.717) is 16.0 Å². The molecule has 0 radical (unpaired) electrons. The average molecular weight is 422 g/mol. The summed E-state index contributed by atoms with van der Waals surface area (Å²) in [4.78, 5) is 12.4. The lowest BCUT2D eigenvalue weighted by Gasteiger charge is -2.12. The van der Waals surface area contributed by atoms with Gasteiger partial charge in [0.25, 0.3) is 5.91 Å². The van der Waals surface area contributed by atoms with E-state index in [1.54, 1.807) is 24.3 Å². The number of ether oxygens (including phenoxy) is 1. The molecule has 30 heavy (non-hydrogen) atoms. The Hall–Kier alpha value is -3.43. The number of aromatic nitrogens is 3. The van der Waals surface area contributed by atoms with Crippen LogP contribution in [-0.2, 0) is 12.7 Å². The van der Waals surface area contributed by atoms with E-state index in [4.69, 9.17) is 4.74 Å².